The fourth-order valence-electron chi connectivity index (χ4n) is 1.99. The van der Waals surface area contributed by atoms with Crippen LogP contribution in [0.25, 0.3) is 0 Å². The molecule has 0 bridgehead atoms. The molecule has 0 amide bonds. The van der Waals surface area contributed by atoms with Gasteiger partial charge in [0.05, 0.1) is 6.61 Å². The maximum Gasteiger partial charge on any atom is 0.115 e. The third-order valence-electron chi connectivity index (χ3n) is 2.83. The summed E-state index contributed by atoms with van der Waals surface area (Å²) in [5.74, 6) is 0.603. The van der Waals surface area contributed by atoms with E-state index >= 15 is 0 Å². The van der Waals surface area contributed by atoms with E-state index in [9.17, 15) is 5.11 Å². The van der Waals surface area contributed by atoms with Crippen LogP contribution in [-0.2, 0) is 4.74 Å². The lowest BCUT2D eigenvalue weighted by Gasteiger charge is -2.15. The number of benzene rings is 1. The Balaban J connectivity index is 2.22. The Kier molecular flexibility index (Phi) is 3.49. The fourth-order valence-corrected chi connectivity index (χ4v) is 2.26. The number of hydrogen-bond donors (Lipinski definition) is 1. The average Bonchev–Trinajstić information content (AvgIpc) is 2.50. The number of rotatable bonds is 1. The maximum atomic E-state index is 9.44. The summed E-state index contributed by atoms with van der Waals surface area (Å²) in [6.07, 6.45) is 3.37. The average molecular weight is 227 g/mol. The Hall–Kier alpha value is -0.730. The summed E-state index contributed by atoms with van der Waals surface area (Å²) >= 11 is 6.12. The largest absolute Gasteiger partial charge is 0.508 e. The molecule has 1 unspecified atom stereocenters. The molecule has 1 saturated heterocycles. The SMILES string of the molecule is Oc1ccc(Cl)c(C2CCCCOC2)c1. The molecule has 2 nitrogen and oxygen atoms in total. The molecular weight excluding hydrogens is 212 g/mol. The molecule has 1 fully saturated rings. The first-order valence-corrected chi connectivity index (χ1v) is 5.71. The van der Waals surface area contributed by atoms with Gasteiger partial charge in [0.1, 0.15) is 5.75 Å². The van der Waals surface area contributed by atoms with Gasteiger partial charge in [0.25, 0.3) is 0 Å². The lowest BCUT2D eigenvalue weighted by Crippen LogP contribution is -2.05. The highest BCUT2D eigenvalue weighted by molar-refractivity contribution is 6.31. The van der Waals surface area contributed by atoms with Gasteiger partial charge in [0, 0.05) is 17.5 Å². The first-order valence-electron chi connectivity index (χ1n) is 5.33. The second kappa shape index (κ2) is 4.86. The van der Waals surface area contributed by atoms with Crippen molar-refractivity contribution in [3.63, 3.8) is 0 Å². The zero-order valence-corrected chi connectivity index (χ0v) is 9.33. The standard InChI is InChI=1S/C12H15ClO2/c13-12-5-4-10(14)7-11(12)9-3-1-2-6-15-8-9/h4-5,7,9,14H,1-3,6,8H2. The first kappa shape index (κ1) is 10.8. The number of halogens is 1. The molecule has 2 rings (SSSR count). The summed E-state index contributed by atoms with van der Waals surface area (Å²) < 4.78 is 5.52. The van der Waals surface area contributed by atoms with E-state index in [0.717, 1.165) is 36.5 Å². The molecule has 1 heterocycles. The normalized spacial score (nSPS) is 22.3. The number of phenols is 1. The summed E-state index contributed by atoms with van der Waals surface area (Å²) in [6, 6.07) is 5.11. The number of ether oxygens (including phenoxy) is 1. The Morgan fingerprint density at radius 2 is 2.20 bits per heavy atom. The smallest absolute Gasteiger partial charge is 0.115 e. The number of aromatic hydroxyl groups is 1. The lowest BCUT2D eigenvalue weighted by molar-refractivity contribution is 0.134. The molecule has 3 heteroatoms. The highest BCUT2D eigenvalue weighted by atomic mass is 35.5. The Bertz CT molecular complexity index is 330. The minimum Gasteiger partial charge on any atom is -0.508 e. The molecule has 1 aliphatic heterocycles. The van der Waals surface area contributed by atoms with Crippen LogP contribution in [0.3, 0.4) is 0 Å². The van der Waals surface area contributed by atoms with Crippen molar-refractivity contribution >= 4 is 11.6 Å². The van der Waals surface area contributed by atoms with Crippen molar-refractivity contribution in [2.45, 2.75) is 25.2 Å². The van der Waals surface area contributed by atoms with E-state index in [2.05, 4.69) is 0 Å². The summed E-state index contributed by atoms with van der Waals surface area (Å²) in [7, 11) is 0. The molecule has 0 aromatic heterocycles. The second-order valence-corrected chi connectivity index (χ2v) is 4.38. The van der Waals surface area contributed by atoms with E-state index in [0.29, 0.717) is 12.5 Å². The minimum atomic E-state index is 0.277. The van der Waals surface area contributed by atoms with E-state index in [4.69, 9.17) is 16.3 Å². The van der Waals surface area contributed by atoms with Gasteiger partial charge in [-0.2, -0.15) is 0 Å². The summed E-state index contributed by atoms with van der Waals surface area (Å²) in [5, 5.41) is 10.2. The van der Waals surface area contributed by atoms with Gasteiger partial charge in [0.15, 0.2) is 0 Å². The van der Waals surface area contributed by atoms with Gasteiger partial charge in [0.2, 0.25) is 0 Å². The van der Waals surface area contributed by atoms with E-state index in [-0.39, 0.29) is 5.75 Å². The predicted molar refractivity (Wildman–Crippen MR) is 60.5 cm³/mol. The molecule has 82 valence electrons. The molecule has 15 heavy (non-hydrogen) atoms. The van der Waals surface area contributed by atoms with Crippen molar-refractivity contribution in [3.8, 4) is 5.75 Å². The van der Waals surface area contributed by atoms with Crippen LogP contribution < -0.4 is 0 Å². The van der Waals surface area contributed by atoms with Crippen LogP contribution in [0.4, 0.5) is 0 Å². The first-order chi connectivity index (χ1) is 7.27. The highest BCUT2D eigenvalue weighted by Crippen LogP contribution is 2.32. The zero-order chi connectivity index (χ0) is 10.7. The number of phenolic OH excluding ortho intramolecular Hbond substituents is 1. The van der Waals surface area contributed by atoms with Crippen LogP contribution in [0.1, 0.15) is 30.7 Å². The van der Waals surface area contributed by atoms with Crippen LogP contribution in [0, 0.1) is 0 Å². The molecule has 1 aromatic carbocycles. The van der Waals surface area contributed by atoms with Gasteiger partial charge in [-0.15, -0.1) is 0 Å². The Labute approximate surface area is 94.8 Å². The van der Waals surface area contributed by atoms with Crippen LogP contribution >= 0.6 is 11.6 Å². The van der Waals surface area contributed by atoms with Crippen LogP contribution in [0.15, 0.2) is 18.2 Å². The van der Waals surface area contributed by atoms with Crippen molar-refractivity contribution in [2.75, 3.05) is 13.2 Å². The van der Waals surface area contributed by atoms with Crippen LogP contribution in [0.2, 0.25) is 5.02 Å². The Morgan fingerprint density at radius 3 is 3.07 bits per heavy atom. The molecule has 0 spiro atoms. The fraction of sp³-hybridized carbons (Fsp3) is 0.500. The quantitative estimate of drug-likeness (QED) is 0.796. The molecule has 1 N–H and O–H groups in total. The molecule has 0 aliphatic carbocycles. The van der Waals surface area contributed by atoms with Gasteiger partial charge in [-0.1, -0.05) is 18.0 Å². The van der Waals surface area contributed by atoms with E-state index in [1.54, 1.807) is 18.2 Å². The van der Waals surface area contributed by atoms with Crippen LogP contribution in [0.5, 0.6) is 5.75 Å². The number of hydrogen-bond acceptors (Lipinski definition) is 2. The van der Waals surface area contributed by atoms with Gasteiger partial charge in [-0.3, -0.25) is 0 Å². The molecular formula is C12H15ClO2. The minimum absolute atomic E-state index is 0.277. The van der Waals surface area contributed by atoms with Crippen molar-refractivity contribution in [1.82, 2.24) is 0 Å². The van der Waals surface area contributed by atoms with Gasteiger partial charge >= 0.3 is 0 Å². The van der Waals surface area contributed by atoms with Crippen molar-refractivity contribution in [2.24, 2.45) is 0 Å². The molecule has 1 atom stereocenters. The molecule has 1 aliphatic rings. The topological polar surface area (TPSA) is 29.5 Å². The zero-order valence-electron chi connectivity index (χ0n) is 8.58. The monoisotopic (exact) mass is 226 g/mol. The lowest BCUT2D eigenvalue weighted by atomic mass is 9.95. The molecule has 0 radical (unpaired) electrons. The van der Waals surface area contributed by atoms with E-state index in [1.165, 1.54) is 0 Å². The molecule has 0 saturated carbocycles. The van der Waals surface area contributed by atoms with Gasteiger partial charge < -0.3 is 9.84 Å². The summed E-state index contributed by atoms with van der Waals surface area (Å²) in [5.41, 5.74) is 1.01. The highest BCUT2D eigenvalue weighted by Gasteiger charge is 2.17. The predicted octanol–water partition coefficient (Wildman–Crippen LogP) is 3.33. The van der Waals surface area contributed by atoms with Gasteiger partial charge in [-0.05, 0) is 36.6 Å². The van der Waals surface area contributed by atoms with E-state index in [1.807, 2.05) is 0 Å². The summed E-state index contributed by atoms with van der Waals surface area (Å²) in [4.78, 5) is 0. The second-order valence-electron chi connectivity index (χ2n) is 3.97. The molecule has 1 aromatic rings. The van der Waals surface area contributed by atoms with Crippen molar-refractivity contribution in [3.05, 3.63) is 28.8 Å². The van der Waals surface area contributed by atoms with Crippen molar-refractivity contribution < 1.29 is 9.84 Å². The third kappa shape index (κ3) is 2.64. The van der Waals surface area contributed by atoms with Crippen LogP contribution in [-0.4, -0.2) is 18.3 Å². The van der Waals surface area contributed by atoms with Crippen molar-refractivity contribution in [1.29, 1.82) is 0 Å². The Morgan fingerprint density at radius 1 is 1.33 bits per heavy atom. The van der Waals surface area contributed by atoms with E-state index < -0.39 is 0 Å². The summed E-state index contributed by atoms with van der Waals surface area (Å²) in [6.45, 7) is 1.55. The van der Waals surface area contributed by atoms with Gasteiger partial charge in [-0.25, -0.2) is 0 Å². The maximum absolute atomic E-state index is 9.44. The third-order valence-corrected chi connectivity index (χ3v) is 3.17.